The van der Waals surface area contributed by atoms with Crippen LogP contribution in [0.4, 0.5) is 5.69 Å². The molecule has 0 amide bonds. The van der Waals surface area contributed by atoms with Crippen molar-refractivity contribution in [3.8, 4) is 5.75 Å². The van der Waals surface area contributed by atoms with Gasteiger partial charge in [-0.2, -0.15) is 0 Å². The van der Waals surface area contributed by atoms with Crippen LogP contribution in [-0.4, -0.2) is 32.1 Å². The van der Waals surface area contributed by atoms with E-state index in [1.807, 2.05) is 0 Å². The number of nitrogens with one attached hydrogen (secondary N) is 1. The number of anilines is 1. The SMILES string of the molecule is COc1cc(SC)ccc1N[C@H]1CCO[C@H](C)C1. The fourth-order valence-electron chi connectivity index (χ4n) is 2.27. The second-order valence-corrected chi connectivity index (χ2v) is 5.49. The van der Waals surface area contributed by atoms with Gasteiger partial charge in [0.05, 0.1) is 18.9 Å². The van der Waals surface area contributed by atoms with Crippen molar-refractivity contribution in [2.24, 2.45) is 0 Å². The molecule has 1 aliphatic rings. The molecule has 0 aliphatic carbocycles. The molecule has 4 heteroatoms. The topological polar surface area (TPSA) is 30.5 Å². The number of rotatable bonds is 4. The molecule has 2 atom stereocenters. The van der Waals surface area contributed by atoms with Crippen LogP contribution in [0.15, 0.2) is 23.1 Å². The number of methoxy groups -OCH3 is 1. The van der Waals surface area contributed by atoms with Gasteiger partial charge in [0, 0.05) is 17.5 Å². The van der Waals surface area contributed by atoms with Crippen LogP contribution in [-0.2, 0) is 4.74 Å². The molecule has 0 bridgehead atoms. The molecule has 0 saturated carbocycles. The number of hydrogen-bond acceptors (Lipinski definition) is 4. The van der Waals surface area contributed by atoms with Crippen molar-refractivity contribution in [1.29, 1.82) is 0 Å². The monoisotopic (exact) mass is 267 g/mol. The average Bonchev–Trinajstić information content (AvgIpc) is 2.39. The molecule has 1 heterocycles. The Morgan fingerprint density at radius 3 is 2.94 bits per heavy atom. The Bertz CT molecular complexity index is 397. The van der Waals surface area contributed by atoms with Crippen molar-refractivity contribution >= 4 is 17.4 Å². The zero-order valence-corrected chi connectivity index (χ0v) is 12.0. The lowest BCUT2D eigenvalue weighted by atomic mass is 10.0. The number of ether oxygens (including phenoxy) is 2. The largest absolute Gasteiger partial charge is 0.495 e. The van der Waals surface area contributed by atoms with Crippen LogP contribution in [0.1, 0.15) is 19.8 Å². The van der Waals surface area contributed by atoms with Gasteiger partial charge in [-0.05, 0) is 44.2 Å². The summed E-state index contributed by atoms with van der Waals surface area (Å²) in [5.74, 6) is 0.918. The Morgan fingerprint density at radius 1 is 1.44 bits per heavy atom. The fraction of sp³-hybridized carbons (Fsp3) is 0.571. The second-order valence-electron chi connectivity index (χ2n) is 4.61. The molecule has 0 spiro atoms. The van der Waals surface area contributed by atoms with Crippen molar-refractivity contribution < 1.29 is 9.47 Å². The molecule has 3 nitrogen and oxygen atoms in total. The van der Waals surface area contributed by atoms with E-state index >= 15 is 0 Å². The third-order valence-electron chi connectivity index (χ3n) is 3.25. The first kappa shape index (κ1) is 13.6. The van der Waals surface area contributed by atoms with E-state index in [4.69, 9.17) is 9.47 Å². The normalized spacial score (nSPS) is 23.7. The van der Waals surface area contributed by atoms with Crippen molar-refractivity contribution in [3.05, 3.63) is 18.2 Å². The van der Waals surface area contributed by atoms with Gasteiger partial charge in [0.25, 0.3) is 0 Å². The van der Waals surface area contributed by atoms with Gasteiger partial charge < -0.3 is 14.8 Å². The second kappa shape index (κ2) is 6.34. The van der Waals surface area contributed by atoms with Crippen LogP contribution in [0.3, 0.4) is 0 Å². The molecule has 1 saturated heterocycles. The highest BCUT2D eigenvalue weighted by molar-refractivity contribution is 7.98. The van der Waals surface area contributed by atoms with Crippen LogP contribution in [0.5, 0.6) is 5.75 Å². The number of thioether (sulfide) groups is 1. The molecule has 1 aromatic rings. The smallest absolute Gasteiger partial charge is 0.143 e. The summed E-state index contributed by atoms with van der Waals surface area (Å²) in [6.07, 6.45) is 4.51. The molecule has 0 radical (unpaired) electrons. The van der Waals surface area contributed by atoms with Crippen molar-refractivity contribution in [2.75, 3.05) is 25.3 Å². The van der Waals surface area contributed by atoms with E-state index in [1.54, 1.807) is 18.9 Å². The summed E-state index contributed by atoms with van der Waals surface area (Å²) in [7, 11) is 1.72. The lowest BCUT2D eigenvalue weighted by Gasteiger charge is -2.29. The first-order chi connectivity index (χ1) is 8.72. The summed E-state index contributed by atoms with van der Waals surface area (Å²) in [5.41, 5.74) is 1.08. The number of benzene rings is 1. The highest BCUT2D eigenvalue weighted by Crippen LogP contribution is 2.31. The lowest BCUT2D eigenvalue weighted by molar-refractivity contribution is 0.0232. The molecule has 2 rings (SSSR count). The summed E-state index contributed by atoms with van der Waals surface area (Å²) in [6, 6.07) is 6.78. The molecular weight excluding hydrogens is 246 g/mol. The highest BCUT2D eigenvalue weighted by atomic mass is 32.2. The van der Waals surface area contributed by atoms with Gasteiger partial charge >= 0.3 is 0 Å². The summed E-state index contributed by atoms with van der Waals surface area (Å²) in [6.45, 7) is 2.96. The van der Waals surface area contributed by atoms with Gasteiger partial charge in [-0.15, -0.1) is 11.8 Å². The van der Waals surface area contributed by atoms with E-state index < -0.39 is 0 Å². The predicted octanol–water partition coefficient (Wildman–Crippen LogP) is 3.40. The van der Waals surface area contributed by atoms with Crippen LogP contribution < -0.4 is 10.1 Å². The van der Waals surface area contributed by atoms with Gasteiger partial charge in [0.15, 0.2) is 0 Å². The van der Waals surface area contributed by atoms with Gasteiger partial charge in [-0.3, -0.25) is 0 Å². The highest BCUT2D eigenvalue weighted by Gasteiger charge is 2.20. The first-order valence-corrected chi connectivity index (χ1v) is 7.55. The molecule has 18 heavy (non-hydrogen) atoms. The average molecular weight is 267 g/mol. The van der Waals surface area contributed by atoms with Gasteiger partial charge in [0.2, 0.25) is 0 Å². The molecule has 1 aromatic carbocycles. The van der Waals surface area contributed by atoms with E-state index in [0.717, 1.165) is 30.9 Å². The maximum Gasteiger partial charge on any atom is 0.143 e. The third-order valence-corrected chi connectivity index (χ3v) is 3.98. The van der Waals surface area contributed by atoms with Gasteiger partial charge in [0.1, 0.15) is 5.75 Å². The van der Waals surface area contributed by atoms with Gasteiger partial charge in [-0.25, -0.2) is 0 Å². The molecule has 0 aromatic heterocycles. The molecule has 1 N–H and O–H groups in total. The van der Waals surface area contributed by atoms with E-state index in [2.05, 4.69) is 36.7 Å². The summed E-state index contributed by atoms with van der Waals surface area (Å²) >= 11 is 1.73. The van der Waals surface area contributed by atoms with E-state index in [-0.39, 0.29) is 0 Å². The molecule has 0 unspecified atom stereocenters. The zero-order valence-electron chi connectivity index (χ0n) is 11.2. The molecule has 100 valence electrons. The van der Waals surface area contributed by atoms with E-state index in [0.29, 0.717) is 12.1 Å². The Hall–Kier alpha value is -0.870. The predicted molar refractivity (Wildman–Crippen MR) is 76.8 cm³/mol. The van der Waals surface area contributed by atoms with Crippen molar-refractivity contribution in [3.63, 3.8) is 0 Å². The van der Waals surface area contributed by atoms with E-state index in [1.165, 1.54) is 4.90 Å². The molecule has 1 aliphatic heterocycles. The fourth-order valence-corrected chi connectivity index (χ4v) is 2.70. The van der Waals surface area contributed by atoms with Crippen molar-refractivity contribution in [2.45, 2.75) is 36.8 Å². The summed E-state index contributed by atoms with van der Waals surface area (Å²) in [4.78, 5) is 1.22. The first-order valence-electron chi connectivity index (χ1n) is 6.33. The summed E-state index contributed by atoms with van der Waals surface area (Å²) < 4.78 is 11.0. The standard InChI is InChI=1S/C14H21NO2S/c1-10-8-11(6-7-17-10)15-13-5-4-12(18-3)9-14(13)16-2/h4-5,9-11,15H,6-8H2,1-3H3/t10-,11+/m1/s1. The third kappa shape index (κ3) is 3.33. The van der Waals surface area contributed by atoms with Crippen LogP contribution >= 0.6 is 11.8 Å². The lowest BCUT2D eigenvalue weighted by Crippen LogP contribution is -2.32. The Labute approximate surface area is 113 Å². The van der Waals surface area contributed by atoms with Crippen LogP contribution in [0.25, 0.3) is 0 Å². The maximum atomic E-state index is 5.56. The Morgan fingerprint density at radius 2 is 2.28 bits per heavy atom. The Balaban J connectivity index is 2.08. The molecule has 1 fully saturated rings. The number of hydrogen-bond donors (Lipinski definition) is 1. The van der Waals surface area contributed by atoms with Crippen LogP contribution in [0, 0.1) is 0 Å². The quantitative estimate of drug-likeness (QED) is 0.847. The van der Waals surface area contributed by atoms with Crippen LogP contribution in [0.2, 0.25) is 0 Å². The molecular formula is C14H21NO2S. The zero-order chi connectivity index (χ0) is 13.0. The summed E-state index contributed by atoms with van der Waals surface area (Å²) in [5, 5.41) is 3.57. The van der Waals surface area contributed by atoms with Crippen molar-refractivity contribution in [1.82, 2.24) is 0 Å². The van der Waals surface area contributed by atoms with E-state index in [9.17, 15) is 0 Å². The maximum absolute atomic E-state index is 5.56. The van der Waals surface area contributed by atoms with Gasteiger partial charge in [-0.1, -0.05) is 0 Å². The minimum atomic E-state index is 0.340. The minimum absolute atomic E-state index is 0.340. The minimum Gasteiger partial charge on any atom is -0.495 e. The Kier molecular flexibility index (Phi) is 4.78.